The predicted molar refractivity (Wildman–Crippen MR) is 92.4 cm³/mol. The van der Waals surface area contributed by atoms with Crippen molar-refractivity contribution in [3.63, 3.8) is 0 Å². The number of para-hydroxylation sites is 1. The second kappa shape index (κ2) is 6.93. The summed E-state index contributed by atoms with van der Waals surface area (Å²) in [6.45, 7) is 2.54. The van der Waals surface area contributed by atoms with Crippen molar-refractivity contribution >= 4 is 17.5 Å². The number of benzene rings is 2. The third-order valence-corrected chi connectivity index (χ3v) is 4.32. The van der Waals surface area contributed by atoms with Crippen LogP contribution in [0, 0.1) is 12.7 Å². The first-order chi connectivity index (χ1) is 12.0. The Morgan fingerprint density at radius 2 is 1.88 bits per heavy atom. The Morgan fingerprint density at radius 1 is 1.12 bits per heavy atom. The van der Waals surface area contributed by atoms with Crippen LogP contribution in [0.1, 0.15) is 15.9 Å². The molecular formula is C19H19FN2O3. The number of hydrogen-bond acceptors (Lipinski definition) is 3. The molecule has 0 aliphatic carbocycles. The monoisotopic (exact) mass is 342 g/mol. The lowest BCUT2D eigenvalue weighted by Gasteiger charge is -2.35. The number of ether oxygens (including phenoxy) is 1. The molecule has 6 heteroatoms. The van der Waals surface area contributed by atoms with Gasteiger partial charge in [-0.2, -0.15) is 0 Å². The number of aryl methyl sites for hydroxylation is 1. The molecule has 0 unspecified atom stereocenters. The third kappa shape index (κ3) is 3.20. The topological polar surface area (TPSA) is 49.9 Å². The number of piperazine rings is 1. The highest BCUT2D eigenvalue weighted by molar-refractivity contribution is 6.03. The maximum absolute atomic E-state index is 14.1. The van der Waals surface area contributed by atoms with E-state index in [1.54, 1.807) is 4.90 Å². The second-order valence-electron chi connectivity index (χ2n) is 5.88. The summed E-state index contributed by atoms with van der Waals surface area (Å²) in [5, 5.41) is 0. The highest BCUT2D eigenvalue weighted by atomic mass is 19.1. The number of hydrogen-bond donors (Lipinski definition) is 0. The molecule has 0 saturated carbocycles. The van der Waals surface area contributed by atoms with Gasteiger partial charge in [0.2, 0.25) is 5.91 Å². The Balaban J connectivity index is 1.81. The minimum absolute atomic E-state index is 0.0926. The van der Waals surface area contributed by atoms with Crippen molar-refractivity contribution in [1.82, 2.24) is 4.90 Å². The molecule has 0 bridgehead atoms. The van der Waals surface area contributed by atoms with E-state index in [9.17, 15) is 14.0 Å². The van der Waals surface area contributed by atoms with Gasteiger partial charge in [-0.15, -0.1) is 0 Å². The van der Waals surface area contributed by atoms with Gasteiger partial charge in [0.15, 0.2) is 0 Å². The highest BCUT2D eigenvalue weighted by Gasteiger charge is 2.31. The van der Waals surface area contributed by atoms with E-state index < -0.39 is 11.7 Å². The van der Waals surface area contributed by atoms with Gasteiger partial charge in [0.25, 0.3) is 5.91 Å². The lowest BCUT2D eigenvalue weighted by Crippen LogP contribution is -2.52. The fourth-order valence-corrected chi connectivity index (χ4v) is 3.01. The molecular weight excluding hydrogens is 323 g/mol. The third-order valence-electron chi connectivity index (χ3n) is 4.32. The molecule has 1 fully saturated rings. The summed E-state index contributed by atoms with van der Waals surface area (Å²) >= 11 is 0. The summed E-state index contributed by atoms with van der Waals surface area (Å²) in [5.41, 5.74) is 1.69. The van der Waals surface area contributed by atoms with Crippen LogP contribution in [0.5, 0.6) is 5.75 Å². The molecule has 1 heterocycles. The normalized spacial score (nSPS) is 14.6. The molecule has 1 saturated heterocycles. The fourth-order valence-electron chi connectivity index (χ4n) is 3.01. The molecule has 25 heavy (non-hydrogen) atoms. The van der Waals surface area contributed by atoms with Crippen molar-refractivity contribution in [1.29, 1.82) is 0 Å². The average molecular weight is 342 g/mol. The van der Waals surface area contributed by atoms with Gasteiger partial charge in [-0.1, -0.05) is 24.3 Å². The van der Waals surface area contributed by atoms with Crippen LogP contribution in [0.4, 0.5) is 10.1 Å². The summed E-state index contributed by atoms with van der Waals surface area (Å²) < 4.78 is 19.2. The van der Waals surface area contributed by atoms with Crippen LogP contribution in [0.3, 0.4) is 0 Å². The van der Waals surface area contributed by atoms with E-state index >= 15 is 0 Å². The molecule has 1 aliphatic heterocycles. The van der Waals surface area contributed by atoms with Crippen molar-refractivity contribution in [2.24, 2.45) is 0 Å². The quantitative estimate of drug-likeness (QED) is 0.862. The van der Waals surface area contributed by atoms with Gasteiger partial charge in [-0.3, -0.25) is 9.59 Å². The van der Waals surface area contributed by atoms with E-state index in [1.807, 2.05) is 31.2 Å². The number of methoxy groups -OCH3 is 1. The molecule has 2 aromatic rings. The highest BCUT2D eigenvalue weighted by Crippen LogP contribution is 2.25. The smallest absolute Gasteiger partial charge is 0.261 e. The van der Waals surface area contributed by atoms with Crippen molar-refractivity contribution < 1.29 is 18.7 Å². The number of nitrogens with zero attached hydrogens (tertiary/aromatic N) is 2. The Bertz CT molecular complexity index is 822. The Hall–Kier alpha value is -2.89. The maximum Gasteiger partial charge on any atom is 0.261 e. The van der Waals surface area contributed by atoms with Crippen molar-refractivity contribution in [2.45, 2.75) is 6.92 Å². The zero-order valence-electron chi connectivity index (χ0n) is 14.2. The average Bonchev–Trinajstić information content (AvgIpc) is 2.61. The second-order valence-corrected chi connectivity index (χ2v) is 5.88. The van der Waals surface area contributed by atoms with Crippen LogP contribution in [0.2, 0.25) is 0 Å². The minimum atomic E-state index is -0.655. The van der Waals surface area contributed by atoms with E-state index in [2.05, 4.69) is 0 Å². The molecule has 3 rings (SSSR count). The molecule has 0 N–H and O–H groups in total. The summed E-state index contributed by atoms with van der Waals surface area (Å²) in [7, 11) is 1.38. The molecule has 2 aromatic carbocycles. The maximum atomic E-state index is 14.1. The minimum Gasteiger partial charge on any atom is -0.496 e. The first-order valence-electron chi connectivity index (χ1n) is 8.00. The molecule has 2 amide bonds. The summed E-state index contributed by atoms with van der Waals surface area (Å²) in [5.74, 6) is -1.21. The van der Waals surface area contributed by atoms with Crippen LogP contribution in [0.15, 0.2) is 42.5 Å². The van der Waals surface area contributed by atoms with Gasteiger partial charge < -0.3 is 14.5 Å². The van der Waals surface area contributed by atoms with Crippen molar-refractivity contribution in [3.8, 4) is 5.75 Å². The summed E-state index contributed by atoms with van der Waals surface area (Å²) in [6.07, 6.45) is 0. The number of carbonyl (C=O) groups excluding carboxylic acids is 2. The molecule has 0 radical (unpaired) electrons. The molecule has 5 nitrogen and oxygen atoms in total. The first-order valence-corrected chi connectivity index (χ1v) is 8.00. The number of anilines is 1. The van der Waals surface area contributed by atoms with E-state index in [-0.39, 0.29) is 23.8 Å². The van der Waals surface area contributed by atoms with Crippen molar-refractivity contribution in [3.05, 3.63) is 59.4 Å². The summed E-state index contributed by atoms with van der Waals surface area (Å²) in [6, 6.07) is 11.8. The number of rotatable bonds is 3. The van der Waals surface area contributed by atoms with Gasteiger partial charge in [0.1, 0.15) is 23.7 Å². The Morgan fingerprint density at radius 3 is 2.56 bits per heavy atom. The van der Waals surface area contributed by atoms with Crippen LogP contribution in [-0.2, 0) is 4.79 Å². The van der Waals surface area contributed by atoms with Crippen LogP contribution >= 0.6 is 0 Å². The van der Waals surface area contributed by atoms with E-state index in [0.717, 1.165) is 11.3 Å². The van der Waals surface area contributed by atoms with E-state index in [0.29, 0.717) is 13.1 Å². The zero-order chi connectivity index (χ0) is 18.0. The van der Waals surface area contributed by atoms with Gasteiger partial charge in [-0.05, 0) is 30.7 Å². The fraction of sp³-hybridized carbons (Fsp3) is 0.263. The van der Waals surface area contributed by atoms with Gasteiger partial charge in [-0.25, -0.2) is 4.39 Å². The first kappa shape index (κ1) is 17.0. The standard InChI is InChI=1S/C19H19FN2O3/c1-13-6-3-4-8-15(13)22-11-10-21(12-17(22)23)19(24)18-14(20)7-5-9-16(18)25-2/h3-9H,10-12H2,1-2H3. The zero-order valence-corrected chi connectivity index (χ0v) is 14.2. The van der Waals surface area contributed by atoms with E-state index in [4.69, 9.17) is 4.74 Å². The van der Waals surface area contributed by atoms with Crippen LogP contribution in [-0.4, -0.2) is 43.5 Å². The molecule has 1 aliphatic rings. The number of halogens is 1. The Labute approximate surface area is 145 Å². The molecule has 0 atom stereocenters. The SMILES string of the molecule is COc1cccc(F)c1C(=O)N1CCN(c2ccccc2C)C(=O)C1. The lowest BCUT2D eigenvalue weighted by atomic mass is 10.1. The van der Waals surface area contributed by atoms with Crippen LogP contribution < -0.4 is 9.64 Å². The lowest BCUT2D eigenvalue weighted by molar-refractivity contribution is -0.120. The number of carbonyl (C=O) groups is 2. The predicted octanol–water partition coefficient (Wildman–Crippen LogP) is 2.63. The van der Waals surface area contributed by atoms with Gasteiger partial charge >= 0.3 is 0 Å². The van der Waals surface area contributed by atoms with Gasteiger partial charge in [0, 0.05) is 18.8 Å². The van der Waals surface area contributed by atoms with Crippen molar-refractivity contribution in [2.75, 3.05) is 31.6 Å². The summed E-state index contributed by atoms with van der Waals surface area (Å²) in [4.78, 5) is 28.3. The molecule has 130 valence electrons. The Kier molecular flexibility index (Phi) is 4.70. The van der Waals surface area contributed by atoms with E-state index in [1.165, 1.54) is 30.2 Å². The van der Waals surface area contributed by atoms with Crippen LogP contribution in [0.25, 0.3) is 0 Å². The molecule has 0 spiro atoms. The largest absolute Gasteiger partial charge is 0.496 e. The molecule has 0 aromatic heterocycles. The number of amides is 2. The van der Waals surface area contributed by atoms with Gasteiger partial charge in [0.05, 0.1) is 7.11 Å².